The van der Waals surface area contributed by atoms with E-state index in [0.717, 1.165) is 0 Å². The zero-order chi connectivity index (χ0) is 24.1. The van der Waals surface area contributed by atoms with E-state index in [2.05, 4.69) is 35.7 Å². The predicted molar refractivity (Wildman–Crippen MR) is 122 cm³/mol. The van der Waals surface area contributed by atoms with E-state index in [1.165, 1.54) is 18.8 Å². The minimum absolute atomic E-state index is 0.246. The molecule has 0 saturated heterocycles. The number of hydrogen-bond donors (Lipinski definition) is 3. The van der Waals surface area contributed by atoms with Crippen LogP contribution in [0.1, 0.15) is 0 Å². The lowest BCUT2D eigenvalue weighted by Crippen LogP contribution is -2.30. The normalized spacial score (nSPS) is 10.8. The van der Waals surface area contributed by atoms with Gasteiger partial charge in [-0.1, -0.05) is 19.7 Å². The third kappa shape index (κ3) is 26.4. The average molecular weight is 480 g/mol. The molecule has 0 rings (SSSR count). The summed E-state index contributed by atoms with van der Waals surface area (Å²) >= 11 is 0. The topological polar surface area (TPSA) is 119 Å². The Hall–Kier alpha value is -1.74. The number of nitrogens with one attached hydrogen (secondary N) is 3. The molecule has 0 saturated carbocycles. The van der Waals surface area contributed by atoms with Crippen molar-refractivity contribution >= 4 is 0 Å². The lowest BCUT2D eigenvalue weighted by atomic mass is 10.4. The zero-order valence-corrected chi connectivity index (χ0v) is 19.5. The number of hydrogen-bond acceptors (Lipinski definition) is 12. The van der Waals surface area contributed by atoms with Crippen molar-refractivity contribution in [1.29, 1.82) is 0 Å². The second-order valence-corrected chi connectivity index (χ2v) is 5.98. The van der Waals surface area contributed by atoms with Crippen molar-refractivity contribution in [3.63, 3.8) is 0 Å². The van der Waals surface area contributed by atoms with Crippen molar-refractivity contribution in [2.45, 2.75) is 6.10 Å². The van der Waals surface area contributed by atoms with Crippen LogP contribution in [0.15, 0.2) is 38.5 Å². The summed E-state index contributed by atoms with van der Waals surface area (Å²) < 4.78 is 48.0. The molecule has 12 heteroatoms. The molecule has 3 N–H and O–H groups in total. The Kier molecular flexibility index (Phi) is 26.8. The van der Waals surface area contributed by atoms with Gasteiger partial charge in [-0.05, 0) is 0 Å². The smallest absolute Gasteiger partial charge is 0.140 e. The van der Waals surface area contributed by atoms with E-state index in [-0.39, 0.29) is 6.10 Å². The first kappa shape index (κ1) is 31.3. The highest BCUT2D eigenvalue weighted by Crippen LogP contribution is 1.97. The van der Waals surface area contributed by atoms with Crippen LogP contribution in [-0.4, -0.2) is 99.3 Å². The molecule has 12 nitrogen and oxygen atoms in total. The van der Waals surface area contributed by atoms with Gasteiger partial charge in [0.15, 0.2) is 0 Å². The van der Waals surface area contributed by atoms with Gasteiger partial charge in [0.05, 0.1) is 91.8 Å². The molecule has 0 atom stereocenters. The van der Waals surface area contributed by atoms with E-state index in [1.54, 1.807) is 0 Å². The van der Waals surface area contributed by atoms with Crippen LogP contribution in [0.2, 0.25) is 0 Å². The highest BCUT2D eigenvalue weighted by atomic mass is 16.6. The van der Waals surface area contributed by atoms with Gasteiger partial charge in [0.1, 0.15) is 26.3 Å². The van der Waals surface area contributed by atoms with Gasteiger partial charge in [-0.25, -0.2) is 0 Å². The fourth-order valence-electron chi connectivity index (χ4n) is 1.99. The van der Waals surface area contributed by atoms with Gasteiger partial charge < -0.3 is 42.6 Å². The molecule has 0 fully saturated rings. The highest BCUT2D eigenvalue weighted by molar-refractivity contribution is 4.56. The fourth-order valence-corrected chi connectivity index (χ4v) is 1.99. The molecule has 0 spiro atoms. The Bertz CT molecular complexity index is 408. The summed E-state index contributed by atoms with van der Waals surface area (Å²) in [7, 11) is 0. The van der Waals surface area contributed by atoms with Crippen molar-refractivity contribution in [2.75, 3.05) is 93.2 Å². The zero-order valence-electron chi connectivity index (χ0n) is 19.5. The van der Waals surface area contributed by atoms with E-state index in [4.69, 9.17) is 42.6 Å². The Balaban J connectivity index is 3.87. The molecule has 33 heavy (non-hydrogen) atoms. The van der Waals surface area contributed by atoms with E-state index in [0.29, 0.717) is 93.2 Å². The summed E-state index contributed by atoms with van der Waals surface area (Å²) in [6.45, 7) is 15.7. The van der Waals surface area contributed by atoms with Gasteiger partial charge in [0, 0.05) is 0 Å². The predicted octanol–water partition coefficient (Wildman–Crippen LogP) is 0.449. The maximum atomic E-state index is 5.81. The largest absolute Gasteiger partial charge is 0.487 e. The lowest BCUT2D eigenvalue weighted by molar-refractivity contribution is -0.0854. The van der Waals surface area contributed by atoms with Crippen molar-refractivity contribution in [1.82, 2.24) is 16.0 Å². The summed E-state index contributed by atoms with van der Waals surface area (Å²) in [4.78, 5) is 0. The summed E-state index contributed by atoms with van der Waals surface area (Å²) in [6.07, 6.45) is 3.83. The van der Waals surface area contributed by atoms with Crippen LogP contribution in [0.25, 0.3) is 0 Å². The number of ether oxygens (including phenoxy) is 9. The first-order chi connectivity index (χ1) is 16.3. The molecule has 0 aliphatic rings. The maximum absolute atomic E-state index is 5.81. The van der Waals surface area contributed by atoms with Gasteiger partial charge in [0.25, 0.3) is 0 Å². The van der Waals surface area contributed by atoms with Crippen molar-refractivity contribution < 1.29 is 42.6 Å². The Morgan fingerprint density at radius 2 is 0.848 bits per heavy atom. The number of rotatable bonds is 29. The molecule has 0 aliphatic heterocycles. The Morgan fingerprint density at radius 3 is 1.24 bits per heavy atom. The summed E-state index contributed by atoms with van der Waals surface area (Å²) in [6, 6.07) is 0. The molecule has 194 valence electrons. The lowest BCUT2D eigenvalue weighted by Gasteiger charge is -2.18. The first-order valence-electron chi connectivity index (χ1n) is 10.6. The molecule has 0 aromatic carbocycles. The second kappa shape index (κ2) is 28.3. The second-order valence-electron chi connectivity index (χ2n) is 5.98. The minimum Gasteiger partial charge on any atom is -0.487 e. The van der Waals surface area contributed by atoms with Crippen LogP contribution < -0.4 is 16.0 Å². The molecule has 0 radical (unpaired) electrons. The van der Waals surface area contributed by atoms with Crippen molar-refractivity contribution in [3.05, 3.63) is 38.5 Å². The minimum atomic E-state index is -0.246. The summed E-state index contributed by atoms with van der Waals surface area (Å²) in [5.74, 6) is 0. The molecule has 0 bridgehead atoms. The van der Waals surface area contributed by atoms with Crippen LogP contribution in [0.3, 0.4) is 0 Å². The van der Waals surface area contributed by atoms with E-state index in [1.807, 2.05) is 0 Å². The standard InChI is InChI=1S/C21H41N3O9/c1-4-25-15-22-18-30-9-7-28-13-21(33-12-11-32-20-24-17-27-6-3)14-29-8-10-31-19-23-16-26-5-2/h4-6,21-24H,1-3,7-20H2. The molecule has 0 aromatic heterocycles. The third-order valence-electron chi connectivity index (χ3n) is 3.45. The van der Waals surface area contributed by atoms with Crippen LogP contribution in [0.4, 0.5) is 0 Å². The fraction of sp³-hybridized carbons (Fsp3) is 0.714. The molecule has 0 amide bonds. The van der Waals surface area contributed by atoms with E-state index < -0.39 is 0 Å². The van der Waals surface area contributed by atoms with E-state index in [9.17, 15) is 0 Å². The van der Waals surface area contributed by atoms with Crippen molar-refractivity contribution in [3.8, 4) is 0 Å². The van der Waals surface area contributed by atoms with Gasteiger partial charge >= 0.3 is 0 Å². The quantitative estimate of drug-likeness (QED) is 0.0785. The average Bonchev–Trinajstić information content (AvgIpc) is 2.83. The summed E-state index contributed by atoms with van der Waals surface area (Å²) in [5, 5.41) is 8.78. The Labute approximate surface area is 197 Å². The van der Waals surface area contributed by atoms with Crippen LogP contribution >= 0.6 is 0 Å². The molecule has 0 heterocycles. The van der Waals surface area contributed by atoms with Crippen LogP contribution in [0, 0.1) is 0 Å². The molecular weight excluding hydrogens is 438 g/mol. The summed E-state index contributed by atoms with van der Waals surface area (Å²) in [5.41, 5.74) is 0. The highest BCUT2D eigenvalue weighted by Gasteiger charge is 2.10. The van der Waals surface area contributed by atoms with Gasteiger partial charge in [-0.15, -0.1) is 0 Å². The molecular formula is C21H41N3O9. The SMILES string of the molecule is C=COCNCOCCOCC(COCCOCNCOC=C)OCCOCNCOC=C. The Morgan fingerprint density at radius 1 is 0.485 bits per heavy atom. The molecule has 0 unspecified atom stereocenters. The molecule has 0 aromatic rings. The monoisotopic (exact) mass is 479 g/mol. The van der Waals surface area contributed by atoms with Gasteiger partial charge in [0.2, 0.25) is 0 Å². The maximum Gasteiger partial charge on any atom is 0.140 e. The van der Waals surface area contributed by atoms with E-state index >= 15 is 0 Å². The first-order valence-corrected chi connectivity index (χ1v) is 10.6. The molecule has 0 aliphatic carbocycles. The van der Waals surface area contributed by atoms with Gasteiger partial charge in [-0.2, -0.15) is 0 Å². The van der Waals surface area contributed by atoms with Crippen LogP contribution in [0.5, 0.6) is 0 Å². The van der Waals surface area contributed by atoms with Crippen molar-refractivity contribution in [2.24, 2.45) is 0 Å². The van der Waals surface area contributed by atoms with Crippen LogP contribution in [-0.2, 0) is 42.6 Å². The third-order valence-corrected chi connectivity index (χ3v) is 3.45. The van der Waals surface area contributed by atoms with Gasteiger partial charge in [-0.3, -0.25) is 16.0 Å².